The largest absolute Gasteiger partial charge is 0.481 e. The summed E-state index contributed by atoms with van der Waals surface area (Å²) in [5.41, 5.74) is 0. The predicted octanol–water partition coefficient (Wildman–Crippen LogP) is 2.88. The number of nitrogens with zero attached hydrogens (tertiary/aromatic N) is 1. The van der Waals surface area contributed by atoms with E-state index in [0.29, 0.717) is 6.42 Å². The Balaban J connectivity index is 2.62. The van der Waals surface area contributed by atoms with Gasteiger partial charge in [-0.3, -0.25) is 4.79 Å². The van der Waals surface area contributed by atoms with E-state index in [0.717, 1.165) is 27.3 Å². The highest BCUT2D eigenvalue weighted by Crippen LogP contribution is 2.25. The van der Waals surface area contributed by atoms with E-state index in [9.17, 15) is 4.79 Å². The van der Waals surface area contributed by atoms with Crippen molar-refractivity contribution in [3.05, 3.63) is 14.5 Å². The number of carbonyl (C=O) groups is 1. The van der Waals surface area contributed by atoms with Gasteiger partial charge in [0, 0.05) is 4.88 Å². The zero-order chi connectivity index (χ0) is 10.6. The molecular formula is C9H12BrNO2S. The van der Waals surface area contributed by atoms with Gasteiger partial charge in [-0.1, -0.05) is 6.92 Å². The van der Waals surface area contributed by atoms with Crippen LogP contribution in [0.5, 0.6) is 0 Å². The third-order valence-corrected chi connectivity index (χ3v) is 3.82. The van der Waals surface area contributed by atoms with Gasteiger partial charge >= 0.3 is 5.97 Å². The lowest BCUT2D eigenvalue weighted by Crippen LogP contribution is -1.96. The van der Waals surface area contributed by atoms with Gasteiger partial charge in [0.05, 0.1) is 11.4 Å². The molecule has 5 heteroatoms. The SMILES string of the molecule is CCCc1nc(Br)c(CCC(=O)O)s1. The Labute approximate surface area is 95.3 Å². The first-order chi connectivity index (χ1) is 6.63. The molecule has 0 atom stereocenters. The van der Waals surface area contributed by atoms with Crippen LogP contribution in [0.25, 0.3) is 0 Å². The lowest BCUT2D eigenvalue weighted by atomic mass is 10.3. The lowest BCUT2D eigenvalue weighted by molar-refractivity contribution is -0.136. The number of carboxylic acids is 1. The van der Waals surface area contributed by atoms with E-state index < -0.39 is 5.97 Å². The van der Waals surface area contributed by atoms with E-state index in [2.05, 4.69) is 27.8 Å². The maximum absolute atomic E-state index is 10.4. The minimum absolute atomic E-state index is 0.173. The molecule has 1 rings (SSSR count). The van der Waals surface area contributed by atoms with Crippen molar-refractivity contribution in [2.45, 2.75) is 32.6 Å². The predicted molar refractivity (Wildman–Crippen MR) is 59.8 cm³/mol. The fraction of sp³-hybridized carbons (Fsp3) is 0.556. The number of thiazole rings is 1. The van der Waals surface area contributed by atoms with Gasteiger partial charge in [-0.2, -0.15) is 0 Å². The van der Waals surface area contributed by atoms with Crippen molar-refractivity contribution in [3.63, 3.8) is 0 Å². The molecule has 1 aromatic rings. The number of aryl methyl sites for hydroxylation is 2. The first-order valence-electron chi connectivity index (χ1n) is 4.49. The van der Waals surface area contributed by atoms with Crippen LogP contribution in [-0.4, -0.2) is 16.1 Å². The molecule has 0 saturated carbocycles. The molecule has 0 fully saturated rings. The van der Waals surface area contributed by atoms with Gasteiger partial charge in [-0.25, -0.2) is 4.98 Å². The quantitative estimate of drug-likeness (QED) is 0.901. The number of carboxylic acid groups (broad SMARTS) is 1. The topological polar surface area (TPSA) is 50.2 Å². The van der Waals surface area contributed by atoms with Crippen LogP contribution in [-0.2, 0) is 17.6 Å². The Morgan fingerprint density at radius 3 is 2.86 bits per heavy atom. The third-order valence-electron chi connectivity index (χ3n) is 1.72. The number of rotatable bonds is 5. The maximum atomic E-state index is 10.4. The molecule has 78 valence electrons. The molecule has 1 aromatic heterocycles. The smallest absolute Gasteiger partial charge is 0.303 e. The second-order valence-electron chi connectivity index (χ2n) is 2.97. The molecule has 0 aliphatic rings. The molecule has 0 unspecified atom stereocenters. The Bertz CT molecular complexity index is 325. The Morgan fingerprint density at radius 2 is 2.29 bits per heavy atom. The van der Waals surface area contributed by atoms with Crippen molar-refractivity contribution in [1.29, 1.82) is 0 Å². The standard InChI is InChI=1S/C9H12BrNO2S/c1-2-3-7-11-9(10)6(14-7)4-5-8(12)13/h2-5H2,1H3,(H,12,13). The monoisotopic (exact) mass is 277 g/mol. The van der Waals surface area contributed by atoms with Crippen LogP contribution in [0, 0.1) is 0 Å². The molecule has 0 bridgehead atoms. The van der Waals surface area contributed by atoms with Crippen LogP contribution in [0.15, 0.2) is 4.60 Å². The van der Waals surface area contributed by atoms with Gasteiger partial charge in [0.25, 0.3) is 0 Å². The Kier molecular flexibility index (Phi) is 4.54. The van der Waals surface area contributed by atoms with E-state index in [1.807, 2.05) is 0 Å². The number of aromatic nitrogens is 1. The van der Waals surface area contributed by atoms with E-state index >= 15 is 0 Å². The van der Waals surface area contributed by atoms with E-state index in [1.54, 1.807) is 11.3 Å². The highest BCUT2D eigenvalue weighted by molar-refractivity contribution is 9.10. The summed E-state index contributed by atoms with van der Waals surface area (Å²) in [5, 5.41) is 9.63. The summed E-state index contributed by atoms with van der Waals surface area (Å²) in [6.45, 7) is 2.10. The van der Waals surface area contributed by atoms with Crippen molar-refractivity contribution in [2.24, 2.45) is 0 Å². The van der Waals surface area contributed by atoms with Gasteiger partial charge in [-0.05, 0) is 35.2 Å². The van der Waals surface area contributed by atoms with Crippen molar-refractivity contribution in [3.8, 4) is 0 Å². The highest BCUT2D eigenvalue weighted by atomic mass is 79.9. The molecule has 0 aliphatic carbocycles. The summed E-state index contributed by atoms with van der Waals surface area (Å²) in [6.07, 6.45) is 2.78. The summed E-state index contributed by atoms with van der Waals surface area (Å²) in [5.74, 6) is -0.762. The van der Waals surface area contributed by atoms with Crippen LogP contribution in [0.1, 0.15) is 29.7 Å². The fourth-order valence-electron chi connectivity index (χ4n) is 1.07. The number of aliphatic carboxylic acids is 1. The summed E-state index contributed by atoms with van der Waals surface area (Å²) in [4.78, 5) is 15.7. The van der Waals surface area contributed by atoms with E-state index in [1.165, 1.54) is 0 Å². The molecule has 1 N–H and O–H groups in total. The normalized spacial score (nSPS) is 10.4. The molecule has 3 nitrogen and oxygen atoms in total. The first kappa shape index (κ1) is 11.7. The average molecular weight is 278 g/mol. The van der Waals surface area contributed by atoms with Crippen molar-refractivity contribution >= 4 is 33.2 Å². The van der Waals surface area contributed by atoms with Crippen LogP contribution >= 0.6 is 27.3 Å². The van der Waals surface area contributed by atoms with Crippen molar-refractivity contribution < 1.29 is 9.90 Å². The van der Waals surface area contributed by atoms with Gasteiger partial charge in [0.15, 0.2) is 0 Å². The Hall–Kier alpha value is -0.420. The van der Waals surface area contributed by atoms with Gasteiger partial charge in [-0.15, -0.1) is 11.3 Å². The first-order valence-corrected chi connectivity index (χ1v) is 6.10. The summed E-state index contributed by atoms with van der Waals surface area (Å²) in [6, 6.07) is 0. The highest BCUT2D eigenvalue weighted by Gasteiger charge is 2.09. The van der Waals surface area contributed by atoms with Gasteiger partial charge < -0.3 is 5.11 Å². The molecular weight excluding hydrogens is 266 g/mol. The van der Waals surface area contributed by atoms with Crippen LogP contribution in [0.4, 0.5) is 0 Å². The van der Waals surface area contributed by atoms with E-state index in [-0.39, 0.29) is 6.42 Å². The second-order valence-corrected chi connectivity index (χ2v) is 4.88. The molecule has 14 heavy (non-hydrogen) atoms. The minimum Gasteiger partial charge on any atom is -0.481 e. The van der Waals surface area contributed by atoms with Crippen molar-refractivity contribution in [2.75, 3.05) is 0 Å². The molecule has 0 aromatic carbocycles. The number of hydrogen-bond donors (Lipinski definition) is 1. The Morgan fingerprint density at radius 1 is 1.57 bits per heavy atom. The lowest BCUT2D eigenvalue weighted by Gasteiger charge is -1.92. The van der Waals surface area contributed by atoms with Gasteiger partial charge in [0.2, 0.25) is 0 Å². The maximum Gasteiger partial charge on any atom is 0.303 e. The average Bonchev–Trinajstić information content (AvgIpc) is 2.44. The number of halogens is 1. The molecule has 1 heterocycles. The molecule has 0 spiro atoms. The van der Waals surface area contributed by atoms with Crippen molar-refractivity contribution in [1.82, 2.24) is 4.98 Å². The zero-order valence-electron chi connectivity index (χ0n) is 7.92. The third kappa shape index (κ3) is 3.38. The zero-order valence-corrected chi connectivity index (χ0v) is 10.3. The molecule has 0 saturated heterocycles. The van der Waals surface area contributed by atoms with E-state index in [4.69, 9.17) is 5.11 Å². The molecule has 0 radical (unpaired) electrons. The van der Waals surface area contributed by atoms with Crippen LogP contribution in [0.3, 0.4) is 0 Å². The second kappa shape index (κ2) is 5.46. The van der Waals surface area contributed by atoms with Crippen LogP contribution in [0.2, 0.25) is 0 Å². The van der Waals surface area contributed by atoms with Crippen LogP contribution < -0.4 is 0 Å². The summed E-state index contributed by atoms with van der Waals surface area (Å²) < 4.78 is 0.812. The molecule has 0 aliphatic heterocycles. The summed E-state index contributed by atoms with van der Waals surface area (Å²) in [7, 11) is 0. The fourth-order valence-corrected chi connectivity index (χ4v) is 2.91. The van der Waals surface area contributed by atoms with Gasteiger partial charge in [0.1, 0.15) is 4.60 Å². The minimum atomic E-state index is -0.762. The summed E-state index contributed by atoms with van der Waals surface area (Å²) >= 11 is 4.95. The number of hydrogen-bond acceptors (Lipinski definition) is 3. The molecule has 0 amide bonds.